The van der Waals surface area contributed by atoms with Gasteiger partial charge in [-0.25, -0.2) is 0 Å². The van der Waals surface area contributed by atoms with Gasteiger partial charge in [-0.1, -0.05) is 17.7 Å². The predicted molar refractivity (Wildman–Crippen MR) is 117 cm³/mol. The molecule has 0 unspecified atom stereocenters. The molecule has 3 rings (SSSR count). The van der Waals surface area contributed by atoms with Crippen molar-refractivity contribution in [2.45, 2.75) is 33.2 Å². The Morgan fingerprint density at radius 1 is 1.31 bits per heavy atom. The summed E-state index contributed by atoms with van der Waals surface area (Å²) >= 11 is 7.30. The Balaban J connectivity index is 1.94. The van der Waals surface area contributed by atoms with E-state index in [0.717, 1.165) is 33.5 Å². The van der Waals surface area contributed by atoms with Gasteiger partial charge in [0.25, 0.3) is 11.1 Å². The van der Waals surface area contributed by atoms with Crippen LogP contribution < -0.4 is 4.90 Å². The molecule has 0 N–H and O–H groups in total. The van der Waals surface area contributed by atoms with Crippen LogP contribution in [0.25, 0.3) is 11.6 Å². The van der Waals surface area contributed by atoms with E-state index in [-0.39, 0.29) is 17.1 Å². The maximum absolute atomic E-state index is 12.6. The number of likely N-dealkylation sites (N-methyl/N-ethyl adjacent to an activating group) is 1. The average Bonchev–Trinajstić information content (AvgIpc) is 2.88. The number of imide groups is 1. The number of amides is 2. The molecule has 0 spiro atoms. The summed E-state index contributed by atoms with van der Waals surface area (Å²) in [5.41, 5.74) is 3.65. The number of benzene rings is 1. The molecular weight excluding hydrogens is 412 g/mol. The van der Waals surface area contributed by atoms with E-state index in [2.05, 4.69) is 24.8 Å². The zero-order valence-electron chi connectivity index (χ0n) is 17.0. The molecule has 0 atom stereocenters. The van der Waals surface area contributed by atoms with Crippen LogP contribution in [0.4, 0.5) is 10.5 Å². The van der Waals surface area contributed by atoms with Crippen LogP contribution in [0.1, 0.15) is 38.8 Å². The van der Waals surface area contributed by atoms with Gasteiger partial charge in [-0.05, 0) is 68.8 Å². The Hall–Kier alpha value is -2.25. The monoisotopic (exact) mass is 434 g/mol. The van der Waals surface area contributed by atoms with E-state index in [1.54, 1.807) is 13.0 Å². The second kappa shape index (κ2) is 7.88. The molecule has 2 heterocycles. The molecule has 2 amide bonds. The number of allylic oxidation sites excluding steroid dienone is 1. The molecule has 6 nitrogen and oxygen atoms in total. The Morgan fingerprint density at radius 2 is 2.00 bits per heavy atom. The molecule has 154 valence electrons. The Morgan fingerprint density at radius 3 is 2.66 bits per heavy atom. The Kier molecular flexibility index (Phi) is 5.83. The van der Waals surface area contributed by atoms with Crippen LogP contribution in [-0.4, -0.2) is 47.8 Å². The number of thioether (sulfide) groups is 1. The highest BCUT2D eigenvalue weighted by Crippen LogP contribution is 2.42. The first-order valence-electron chi connectivity index (χ1n) is 9.23. The Labute approximate surface area is 179 Å². The highest BCUT2D eigenvalue weighted by atomic mass is 35.5. The fraction of sp³-hybridized carbons (Fsp3) is 0.381. The van der Waals surface area contributed by atoms with Crippen molar-refractivity contribution in [2.24, 2.45) is 0 Å². The first-order valence-corrected chi connectivity index (χ1v) is 10.4. The molecular formula is C21H23ClN2O4S. The van der Waals surface area contributed by atoms with Gasteiger partial charge in [-0.2, -0.15) is 0 Å². The van der Waals surface area contributed by atoms with Crippen molar-refractivity contribution in [1.82, 2.24) is 4.90 Å². The number of carbonyl (C=O) groups excluding carboxylic acids is 3. The van der Waals surface area contributed by atoms with Crippen molar-refractivity contribution in [2.75, 3.05) is 25.1 Å². The topological polar surface area (TPSA) is 66.9 Å². The summed E-state index contributed by atoms with van der Waals surface area (Å²) in [6.07, 6.45) is 3.78. The number of rotatable bonds is 4. The molecule has 0 saturated carbocycles. The van der Waals surface area contributed by atoms with Crippen LogP contribution >= 0.6 is 23.4 Å². The highest BCUT2D eigenvalue weighted by molar-refractivity contribution is 8.18. The van der Waals surface area contributed by atoms with E-state index in [4.69, 9.17) is 16.3 Å². The Bertz CT molecular complexity index is 968. The zero-order valence-corrected chi connectivity index (χ0v) is 18.6. The first kappa shape index (κ1) is 21.5. The molecule has 2 aliphatic heterocycles. The predicted octanol–water partition coefficient (Wildman–Crippen LogP) is 4.57. The van der Waals surface area contributed by atoms with Crippen molar-refractivity contribution in [1.29, 1.82) is 0 Å². The molecule has 1 aromatic carbocycles. The van der Waals surface area contributed by atoms with Gasteiger partial charge in [-0.15, -0.1) is 0 Å². The summed E-state index contributed by atoms with van der Waals surface area (Å²) in [6.45, 7) is 7.75. The zero-order chi connectivity index (χ0) is 21.5. The third-order valence-electron chi connectivity index (χ3n) is 5.09. The van der Waals surface area contributed by atoms with Crippen LogP contribution in [-0.2, 0) is 14.3 Å². The molecule has 8 heteroatoms. The van der Waals surface area contributed by atoms with Gasteiger partial charge in [-0.3, -0.25) is 19.3 Å². The maximum atomic E-state index is 12.6. The van der Waals surface area contributed by atoms with E-state index in [1.807, 2.05) is 26.1 Å². The molecule has 0 radical (unpaired) electrons. The second-order valence-electron chi connectivity index (χ2n) is 7.50. The number of esters is 1. The quantitative estimate of drug-likeness (QED) is 0.510. The largest absolute Gasteiger partial charge is 0.465 e. The molecule has 29 heavy (non-hydrogen) atoms. The second-order valence-corrected chi connectivity index (χ2v) is 8.90. The minimum Gasteiger partial charge on any atom is -0.465 e. The lowest BCUT2D eigenvalue weighted by Crippen LogP contribution is -2.42. The van der Waals surface area contributed by atoms with E-state index in [1.165, 1.54) is 0 Å². The fourth-order valence-corrected chi connectivity index (χ4v) is 4.45. The molecule has 1 aromatic rings. The molecule has 0 aromatic heterocycles. The lowest BCUT2D eigenvalue weighted by molar-refractivity contribution is -0.145. The molecule has 1 fully saturated rings. The van der Waals surface area contributed by atoms with Gasteiger partial charge in [0, 0.05) is 23.3 Å². The number of halogens is 1. The van der Waals surface area contributed by atoms with Crippen molar-refractivity contribution in [3.05, 3.63) is 39.3 Å². The van der Waals surface area contributed by atoms with Gasteiger partial charge >= 0.3 is 5.97 Å². The highest BCUT2D eigenvalue weighted by Gasteiger charge is 2.37. The van der Waals surface area contributed by atoms with Gasteiger partial charge in [0.15, 0.2) is 0 Å². The number of anilines is 1. The number of carbonyl (C=O) groups is 3. The smallest absolute Gasteiger partial charge is 0.326 e. The minimum atomic E-state index is -0.616. The third kappa shape index (κ3) is 4.07. The summed E-state index contributed by atoms with van der Waals surface area (Å²) in [7, 11) is 2.01. The summed E-state index contributed by atoms with van der Waals surface area (Å²) in [5.74, 6) is -1.14. The number of fused-ring (bicyclic) bond motifs is 1. The lowest BCUT2D eigenvalue weighted by Gasteiger charge is -2.40. The van der Waals surface area contributed by atoms with Crippen LogP contribution in [0.5, 0.6) is 0 Å². The van der Waals surface area contributed by atoms with Crippen molar-refractivity contribution in [3.63, 3.8) is 0 Å². The molecule has 0 aliphatic carbocycles. The van der Waals surface area contributed by atoms with Crippen LogP contribution in [0, 0.1) is 0 Å². The van der Waals surface area contributed by atoms with Gasteiger partial charge < -0.3 is 9.64 Å². The minimum absolute atomic E-state index is 0.141. The average molecular weight is 435 g/mol. The van der Waals surface area contributed by atoms with E-state index < -0.39 is 23.7 Å². The fourth-order valence-electron chi connectivity index (χ4n) is 3.41. The molecule has 2 aliphatic rings. The lowest BCUT2D eigenvalue weighted by atomic mass is 9.88. The first-order chi connectivity index (χ1) is 13.5. The maximum Gasteiger partial charge on any atom is 0.326 e. The van der Waals surface area contributed by atoms with Crippen LogP contribution in [0.15, 0.2) is 23.1 Å². The SMILES string of the molecule is CCOC(=O)CN1C(=O)S/C(=C\c2cc3c(cc2Cl)N(C)C(C)(C)C=C3C)C1=O. The summed E-state index contributed by atoms with van der Waals surface area (Å²) < 4.78 is 4.83. The molecule has 1 saturated heterocycles. The summed E-state index contributed by atoms with van der Waals surface area (Å²) in [4.78, 5) is 39.7. The normalized spacial score (nSPS) is 19.5. The summed E-state index contributed by atoms with van der Waals surface area (Å²) in [5, 5.41) is -0.0146. The van der Waals surface area contributed by atoms with Gasteiger partial charge in [0.1, 0.15) is 6.54 Å². The third-order valence-corrected chi connectivity index (χ3v) is 6.32. The van der Waals surface area contributed by atoms with Gasteiger partial charge in [0.05, 0.1) is 17.1 Å². The van der Waals surface area contributed by atoms with Crippen molar-refractivity contribution < 1.29 is 19.1 Å². The van der Waals surface area contributed by atoms with Crippen LogP contribution in [0.3, 0.4) is 0 Å². The van der Waals surface area contributed by atoms with E-state index >= 15 is 0 Å². The number of nitrogens with zero attached hydrogens (tertiary/aromatic N) is 2. The van der Waals surface area contributed by atoms with Crippen LogP contribution in [0.2, 0.25) is 5.02 Å². The van der Waals surface area contributed by atoms with Crippen molar-refractivity contribution >= 4 is 57.8 Å². The standard InChI is InChI=1S/C21H23ClN2O4S/c1-6-28-18(25)11-24-19(26)17(29-20(24)27)8-13-7-14-12(2)10-21(3,4)23(5)16(14)9-15(13)22/h7-10H,6,11H2,1-5H3/b17-8-. The summed E-state index contributed by atoms with van der Waals surface area (Å²) in [6, 6.07) is 3.80. The number of hydrogen-bond acceptors (Lipinski definition) is 6. The number of ether oxygens (including phenoxy) is 1. The van der Waals surface area contributed by atoms with Crippen molar-refractivity contribution in [3.8, 4) is 0 Å². The van der Waals surface area contributed by atoms with Gasteiger partial charge in [0.2, 0.25) is 0 Å². The molecule has 0 bridgehead atoms. The van der Waals surface area contributed by atoms with E-state index in [0.29, 0.717) is 10.6 Å². The number of hydrogen-bond donors (Lipinski definition) is 0. The van der Waals surface area contributed by atoms with E-state index in [9.17, 15) is 14.4 Å².